The van der Waals surface area contributed by atoms with Crippen LogP contribution in [0.25, 0.3) is 0 Å². The van der Waals surface area contributed by atoms with E-state index in [0.29, 0.717) is 5.69 Å². The van der Waals surface area contributed by atoms with Gasteiger partial charge in [0.2, 0.25) is 0 Å². The second-order valence-electron chi connectivity index (χ2n) is 3.71. The quantitative estimate of drug-likeness (QED) is 0.892. The maximum absolute atomic E-state index is 11.9. The van der Waals surface area contributed by atoms with Crippen molar-refractivity contribution in [2.75, 3.05) is 5.32 Å². The number of hydrogen-bond acceptors (Lipinski definition) is 3. The van der Waals surface area contributed by atoms with Crippen molar-refractivity contribution in [3.05, 3.63) is 56.7 Å². The van der Waals surface area contributed by atoms with Gasteiger partial charge in [0.15, 0.2) is 0 Å². The zero-order valence-electron chi connectivity index (χ0n) is 9.53. The molecule has 1 heterocycles. The number of H-pyrrole nitrogens is 1. The minimum Gasteiger partial charge on any atom is -0.325 e. The van der Waals surface area contributed by atoms with Crippen molar-refractivity contribution in [3.8, 4) is 0 Å². The van der Waals surface area contributed by atoms with Crippen molar-refractivity contribution in [2.24, 2.45) is 0 Å². The minimum atomic E-state index is -0.368. The van der Waals surface area contributed by atoms with Crippen molar-refractivity contribution >= 4 is 27.5 Å². The number of amides is 1. The van der Waals surface area contributed by atoms with Crippen LogP contribution in [0.15, 0.2) is 39.9 Å². The Bertz CT molecular complexity index is 632. The molecule has 0 aliphatic heterocycles. The number of aromatic nitrogens is 2. The molecule has 2 aromatic rings. The van der Waals surface area contributed by atoms with E-state index < -0.39 is 0 Å². The van der Waals surface area contributed by atoms with Gasteiger partial charge in [-0.25, -0.2) is 4.98 Å². The number of aromatic amines is 1. The van der Waals surface area contributed by atoms with Gasteiger partial charge in [0.1, 0.15) is 5.69 Å². The fraction of sp³-hybridized carbons (Fsp3) is 0.0833. The predicted molar refractivity (Wildman–Crippen MR) is 71.7 cm³/mol. The van der Waals surface area contributed by atoms with Gasteiger partial charge in [-0.3, -0.25) is 9.59 Å². The van der Waals surface area contributed by atoms with Crippen molar-refractivity contribution < 1.29 is 4.79 Å². The normalized spacial score (nSPS) is 10.1. The maximum atomic E-state index is 11.9. The summed E-state index contributed by atoms with van der Waals surface area (Å²) in [6.07, 6.45) is 2.35. The number of benzene rings is 1. The summed E-state index contributed by atoms with van der Waals surface area (Å²) < 4.78 is 0.873. The fourth-order valence-electron chi connectivity index (χ4n) is 1.38. The molecule has 0 saturated heterocycles. The maximum Gasteiger partial charge on any atom is 0.275 e. The number of rotatable bonds is 2. The van der Waals surface area contributed by atoms with Crippen molar-refractivity contribution in [1.29, 1.82) is 0 Å². The first-order valence-electron chi connectivity index (χ1n) is 5.18. The molecular formula is C12H10BrN3O2. The highest BCUT2D eigenvalue weighted by Crippen LogP contribution is 2.20. The van der Waals surface area contributed by atoms with Crippen LogP contribution < -0.4 is 10.9 Å². The van der Waals surface area contributed by atoms with Crippen molar-refractivity contribution in [2.45, 2.75) is 6.92 Å². The molecule has 2 rings (SSSR count). The van der Waals surface area contributed by atoms with Gasteiger partial charge < -0.3 is 10.3 Å². The summed E-state index contributed by atoms with van der Waals surface area (Å²) in [5.41, 5.74) is 1.46. The van der Waals surface area contributed by atoms with E-state index in [1.54, 1.807) is 6.07 Å². The number of nitrogens with zero attached hydrogens (tertiary/aromatic N) is 1. The number of anilines is 1. The van der Waals surface area contributed by atoms with Crippen LogP contribution in [0.5, 0.6) is 0 Å². The van der Waals surface area contributed by atoms with Gasteiger partial charge in [-0.2, -0.15) is 0 Å². The Balaban J connectivity index is 2.23. The van der Waals surface area contributed by atoms with E-state index >= 15 is 0 Å². The lowest BCUT2D eigenvalue weighted by molar-refractivity contribution is 0.102. The lowest BCUT2D eigenvalue weighted by Crippen LogP contribution is -2.17. The second kappa shape index (κ2) is 5.14. The Morgan fingerprint density at radius 1 is 1.44 bits per heavy atom. The van der Waals surface area contributed by atoms with Crippen LogP contribution in [-0.4, -0.2) is 15.9 Å². The van der Waals surface area contributed by atoms with Crippen LogP contribution in [0.2, 0.25) is 0 Å². The molecule has 18 heavy (non-hydrogen) atoms. The Labute approximate surface area is 111 Å². The summed E-state index contributed by atoms with van der Waals surface area (Å²) >= 11 is 3.34. The average Bonchev–Trinajstić information content (AvgIpc) is 2.34. The second-order valence-corrected chi connectivity index (χ2v) is 4.63. The fourth-order valence-corrected chi connectivity index (χ4v) is 1.74. The third-order valence-corrected chi connectivity index (χ3v) is 2.85. The summed E-state index contributed by atoms with van der Waals surface area (Å²) in [5.74, 6) is -0.368. The van der Waals surface area contributed by atoms with Gasteiger partial charge in [-0.1, -0.05) is 22.0 Å². The molecule has 1 amide bonds. The number of aryl methyl sites for hydroxylation is 1. The SMILES string of the molecule is Cc1ccc(Br)cc1NC(=O)c1c[nH]c(=O)cn1. The Kier molecular flexibility index (Phi) is 3.57. The molecule has 0 fully saturated rings. The van der Waals surface area contributed by atoms with E-state index in [9.17, 15) is 9.59 Å². The summed E-state index contributed by atoms with van der Waals surface area (Å²) in [6, 6.07) is 5.59. The van der Waals surface area contributed by atoms with E-state index in [1.165, 1.54) is 6.20 Å². The smallest absolute Gasteiger partial charge is 0.275 e. The van der Waals surface area contributed by atoms with Crippen molar-refractivity contribution in [3.63, 3.8) is 0 Å². The third kappa shape index (κ3) is 2.84. The first kappa shape index (κ1) is 12.5. The minimum absolute atomic E-state index is 0.161. The highest BCUT2D eigenvalue weighted by Gasteiger charge is 2.09. The standard InChI is InChI=1S/C12H10BrN3O2/c1-7-2-3-8(13)4-9(7)16-12(18)10-5-15-11(17)6-14-10/h2-6H,1H3,(H,15,17)(H,16,18). The zero-order valence-corrected chi connectivity index (χ0v) is 11.1. The lowest BCUT2D eigenvalue weighted by atomic mass is 10.2. The summed E-state index contributed by atoms with van der Waals surface area (Å²) in [4.78, 5) is 28.9. The molecule has 0 spiro atoms. The van der Waals surface area contributed by atoms with Gasteiger partial charge in [0, 0.05) is 16.4 Å². The molecule has 92 valence electrons. The Morgan fingerprint density at radius 2 is 2.22 bits per heavy atom. The van der Waals surface area contributed by atoms with Crippen LogP contribution in [-0.2, 0) is 0 Å². The molecule has 5 nitrogen and oxygen atoms in total. The first-order chi connectivity index (χ1) is 8.56. The largest absolute Gasteiger partial charge is 0.325 e. The number of carbonyl (C=O) groups is 1. The predicted octanol–water partition coefficient (Wildman–Crippen LogP) is 2.09. The molecule has 0 unspecified atom stereocenters. The van der Waals surface area contributed by atoms with Crippen molar-refractivity contribution in [1.82, 2.24) is 9.97 Å². The molecule has 2 N–H and O–H groups in total. The van der Waals surface area contributed by atoms with Crippen LogP contribution in [0.1, 0.15) is 16.1 Å². The van der Waals surface area contributed by atoms with Crippen LogP contribution >= 0.6 is 15.9 Å². The third-order valence-electron chi connectivity index (χ3n) is 2.35. The molecular weight excluding hydrogens is 298 g/mol. The van der Waals surface area contributed by atoms with E-state index in [1.807, 2.05) is 19.1 Å². The van der Waals surface area contributed by atoms with E-state index in [4.69, 9.17) is 0 Å². The zero-order chi connectivity index (χ0) is 13.1. The molecule has 0 radical (unpaired) electrons. The van der Waals surface area contributed by atoms with Crippen LogP contribution in [0.4, 0.5) is 5.69 Å². The van der Waals surface area contributed by atoms with E-state index in [2.05, 4.69) is 31.2 Å². The first-order valence-corrected chi connectivity index (χ1v) is 5.98. The summed E-state index contributed by atoms with van der Waals surface area (Å²) in [6.45, 7) is 1.89. The van der Waals surface area contributed by atoms with Gasteiger partial charge in [0.05, 0.1) is 6.20 Å². The van der Waals surface area contributed by atoms with Gasteiger partial charge in [-0.15, -0.1) is 0 Å². The van der Waals surface area contributed by atoms with Crippen LogP contribution in [0.3, 0.4) is 0 Å². The molecule has 0 saturated carbocycles. The average molecular weight is 308 g/mol. The number of hydrogen-bond donors (Lipinski definition) is 2. The topological polar surface area (TPSA) is 74.8 Å². The molecule has 0 bridgehead atoms. The Hall–Kier alpha value is -1.95. The monoisotopic (exact) mass is 307 g/mol. The highest BCUT2D eigenvalue weighted by molar-refractivity contribution is 9.10. The molecule has 1 aromatic heterocycles. The Morgan fingerprint density at radius 3 is 2.89 bits per heavy atom. The van der Waals surface area contributed by atoms with Gasteiger partial charge in [0.25, 0.3) is 11.5 Å². The number of carbonyl (C=O) groups excluding carboxylic acids is 1. The lowest BCUT2D eigenvalue weighted by Gasteiger charge is -2.08. The van der Waals surface area contributed by atoms with Gasteiger partial charge in [-0.05, 0) is 24.6 Å². The number of nitrogens with one attached hydrogen (secondary N) is 2. The highest BCUT2D eigenvalue weighted by atomic mass is 79.9. The van der Waals surface area contributed by atoms with Gasteiger partial charge >= 0.3 is 0 Å². The molecule has 0 aliphatic carbocycles. The van der Waals surface area contributed by atoms with Crippen LogP contribution in [0, 0.1) is 6.92 Å². The summed E-state index contributed by atoms with van der Waals surface area (Å²) in [7, 11) is 0. The van der Waals surface area contributed by atoms with E-state index in [0.717, 1.165) is 16.2 Å². The molecule has 0 aliphatic rings. The van der Waals surface area contributed by atoms with E-state index in [-0.39, 0.29) is 17.2 Å². The summed E-state index contributed by atoms with van der Waals surface area (Å²) in [5, 5.41) is 2.73. The molecule has 6 heteroatoms. The molecule has 1 aromatic carbocycles. The number of halogens is 1. The molecule has 0 atom stereocenters.